The Kier molecular flexibility index (Phi) is 3.68. The molecule has 0 radical (unpaired) electrons. The standard InChI is InChI=1S/C16H22N4O/c1-16(21-3)9-6-10-20(11-16)14-12-7-4-5-8-13(12)18-15(17-2)19-14/h4-5,7-8H,6,9-11H2,1-3H3,(H,17,18,19). The van der Waals surface area contributed by atoms with Gasteiger partial charge in [0.2, 0.25) is 5.95 Å². The summed E-state index contributed by atoms with van der Waals surface area (Å²) < 4.78 is 5.70. The summed E-state index contributed by atoms with van der Waals surface area (Å²) in [6.45, 7) is 4.03. The smallest absolute Gasteiger partial charge is 0.224 e. The predicted octanol–water partition coefficient (Wildman–Crippen LogP) is 2.68. The Hall–Kier alpha value is -1.88. The van der Waals surface area contributed by atoms with E-state index in [4.69, 9.17) is 9.72 Å². The number of anilines is 2. The summed E-state index contributed by atoms with van der Waals surface area (Å²) >= 11 is 0. The van der Waals surface area contributed by atoms with Crippen LogP contribution in [0.25, 0.3) is 10.9 Å². The number of aromatic nitrogens is 2. The molecule has 112 valence electrons. The third-order valence-corrected chi connectivity index (χ3v) is 4.26. The van der Waals surface area contributed by atoms with E-state index in [1.807, 2.05) is 25.2 Å². The Morgan fingerprint density at radius 2 is 2.10 bits per heavy atom. The average Bonchev–Trinajstić information content (AvgIpc) is 2.53. The topological polar surface area (TPSA) is 50.3 Å². The first kappa shape index (κ1) is 14.1. The molecule has 1 aromatic heterocycles. The van der Waals surface area contributed by atoms with Gasteiger partial charge in [0.05, 0.1) is 11.1 Å². The number of piperidine rings is 1. The average molecular weight is 286 g/mol. The van der Waals surface area contributed by atoms with Gasteiger partial charge in [-0.25, -0.2) is 4.98 Å². The summed E-state index contributed by atoms with van der Waals surface area (Å²) in [5, 5.41) is 4.15. The van der Waals surface area contributed by atoms with Crippen LogP contribution in [-0.4, -0.2) is 42.8 Å². The number of benzene rings is 1. The maximum atomic E-state index is 5.70. The molecule has 0 saturated carbocycles. The molecule has 5 heteroatoms. The normalized spacial score (nSPS) is 22.5. The summed E-state index contributed by atoms with van der Waals surface area (Å²) in [6.07, 6.45) is 2.19. The summed E-state index contributed by atoms with van der Waals surface area (Å²) in [7, 11) is 3.64. The fourth-order valence-corrected chi connectivity index (χ4v) is 2.97. The number of para-hydroxylation sites is 1. The Bertz CT molecular complexity index is 645. The van der Waals surface area contributed by atoms with E-state index in [9.17, 15) is 0 Å². The monoisotopic (exact) mass is 286 g/mol. The number of nitrogens with zero attached hydrogens (tertiary/aromatic N) is 3. The molecule has 1 aromatic carbocycles. The number of fused-ring (bicyclic) bond motifs is 1. The molecular weight excluding hydrogens is 264 g/mol. The van der Waals surface area contributed by atoms with E-state index in [2.05, 4.69) is 28.2 Å². The zero-order valence-electron chi connectivity index (χ0n) is 12.9. The molecule has 3 rings (SSSR count). The van der Waals surface area contributed by atoms with Gasteiger partial charge in [-0.2, -0.15) is 4.98 Å². The van der Waals surface area contributed by atoms with Crippen molar-refractivity contribution in [2.45, 2.75) is 25.4 Å². The van der Waals surface area contributed by atoms with E-state index in [0.29, 0.717) is 5.95 Å². The van der Waals surface area contributed by atoms with E-state index >= 15 is 0 Å². The highest BCUT2D eigenvalue weighted by atomic mass is 16.5. The molecule has 1 aliphatic heterocycles. The van der Waals surface area contributed by atoms with Gasteiger partial charge >= 0.3 is 0 Å². The van der Waals surface area contributed by atoms with Crippen LogP contribution < -0.4 is 10.2 Å². The second-order valence-electron chi connectivity index (χ2n) is 5.82. The van der Waals surface area contributed by atoms with Crippen LogP contribution in [0, 0.1) is 0 Å². The zero-order chi connectivity index (χ0) is 14.9. The molecule has 1 aliphatic rings. The number of nitrogens with one attached hydrogen (secondary N) is 1. The van der Waals surface area contributed by atoms with Crippen molar-refractivity contribution in [2.75, 3.05) is 37.5 Å². The number of rotatable bonds is 3. The van der Waals surface area contributed by atoms with Crippen molar-refractivity contribution in [2.24, 2.45) is 0 Å². The van der Waals surface area contributed by atoms with Crippen molar-refractivity contribution in [1.82, 2.24) is 9.97 Å². The van der Waals surface area contributed by atoms with Gasteiger partial charge in [0.1, 0.15) is 5.82 Å². The lowest BCUT2D eigenvalue weighted by Crippen LogP contribution is -2.47. The van der Waals surface area contributed by atoms with Crippen molar-refractivity contribution in [3.05, 3.63) is 24.3 Å². The van der Waals surface area contributed by atoms with Gasteiger partial charge in [0.25, 0.3) is 0 Å². The van der Waals surface area contributed by atoms with Crippen molar-refractivity contribution < 1.29 is 4.74 Å². The molecule has 1 N–H and O–H groups in total. The lowest BCUT2D eigenvalue weighted by molar-refractivity contribution is -0.00475. The highest BCUT2D eigenvalue weighted by Gasteiger charge is 2.32. The van der Waals surface area contributed by atoms with Gasteiger partial charge in [-0.3, -0.25) is 0 Å². The number of methoxy groups -OCH3 is 1. The number of hydrogen-bond donors (Lipinski definition) is 1. The quantitative estimate of drug-likeness (QED) is 0.940. The van der Waals surface area contributed by atoms with Crippen molar-refractivity contribution in [3.8, 4) is 0 Å². The molecule has 0 bridgehead atoms. The maximum absolute atomic E-state index is 5.70. The van der Waals surface area contributed by atoms with Crippen LogP contribution in [0.4, 0.5) is 11.8 Å². The molecule has 1 fully saturated rings. The van der Waals surface area contributed by atoms with Gasteiger partial charge in [-0.15, -0.1) is 0 Å². The van der Waals surface area contributed by atoms with Crippen LogP contribution in [0.5, 0.6) is 0 Å². The number of hydrogen-bond acceptors (Lipinski definition) is 5. The molecule has 2 heterocycles. The second kappa shape index (κ2) is 5.48. The first-order valence-corrected chi connectivity index (χ1v) is 7.40. The Balaban J connectivity index is 2.06. The fraction of sp³-hybridized carbons (Fsp3) is 0.500. The lowest BCUT2D eigenvalue weighted by Gasteiger charge is -2.40. The van der Waals surface area contributed by atoms with Gasteiger partial charge in [-0.1, -0.05) is 12.1 Å². The van der Waals surface area contributed by atoms with Crippen LogP contribution >= 0.6 is 0 Å². The fourth-order valence-electron chi connectivity index (χ4n) is 2.97. The third-order valence-electron chi connectivity index (χ3n) is 4.26. The predicted molar refractivity (Wildman–Crippen MR) is 85.9 cm³/mol. The van der Waals surface area contributed by atoms with Gasteiger partial charge in [0, 0.05) is 32.6 Å². The first-order valence-electron chi connectivity index (χ1n) is 7.40. The van der Waals surface area contributed by atoms with Gasteiger partial charge in [0.15, 0.2) is 0 Å². The van der Waals surface area contributed by atoms with E-state index in [1.54, 1.807) is 7.11 Å². The van der Waals surface area contributed by atoms with Gasteiger partial charge < -0.3 is 15.0 Å². The molecule has 5 nitrogen and oxygen atoms in total. The first-order chi connectivity index (χ1) is 10.1. The molecule has 1 atom stereocenters. The summed E-state index contributed by atoms with van der Waals surface area (Å²) in [4.78, 5) is 11.5. The van der Waals surface area contributed by atoms with E-state index in [-0.39, 0.29) is 5.60 Å². The van der Waals surface area contributed by atoms with Gasteiger partial charge in [-0.05, 0) is 31.9 Å². The molecule has 0 amide bonds. The van der Waals surface area contributed by atoms with E-state index in [1.165, 1.54) is 0 Å². The van der Waals surface area contributed by atoms with Crippen LogP contribution in [0.2, 0.25) is 0 Å². The minimum atomic E-state index is -0.107. The molecule has 2 aromatic rings. The number of ether oxygens (including phenoxy) is 1. The van der Waals surface area contributed by atoms with Crippen LogP contribution in [0.1, 0.15) is 19.8 Å². The molecule has 21 heavy (non-hydrogen) atoms. The summed E-state index contributed by atoms with van der Waals surface area (Å²) in [5.74, 6) is 1.65. The molecule has 0 aliphatic carbocycles. The van der Waals surface area contributed by atoms with Crippen LogP contribution in [-0.2, 0) is 4.74 Å². The molecule has 0 spiro atoms. The summed E-state index contributed by atoms with van der Waals surface area (Å²) in [6, 6.07) is 8.16. The highest BCUT2D eigenvalue weighted by Crippen LogP contribution is 2.31. The van der Waals surface area contributed by atoms with Crippen LogP contribution in [0.3, 0.4) is 0 Å². The Morgan fingerprint density at radius 1 is 1.29 bits per heavy atom. The van der Waals surface area contributed by atoms with E-state index < -0.39 is 0 Å². The van der Waals surface area contributed by atoms with E-state index in [0.717, 1.165) is 42.7 Å². The SMILES string of the molecule is CNc1nc(N2CCCC(C)(OC)C2)c2ccccc2n1. The largest absolute Gasteiger partial charge is 0.377 e. The summed E-state index contributed by atoms with van der Waals surface area (Å²) in [5.41, 5.74) is 0.862. The molecular formula is C16H22N4O. The second-order valence-corrected chi connectivity index (χ2v) is 5.82. The van der Waals surface area contributed by atoms with Crippen LogP contribution in [0.15, 0.2) is 24.3 Å². The lowest BCUT2D eigenvalue weighted by atomic mass is 9.94. The minimum absolute atomic E-state index is 0.107. The third kappa shape index (κ3) is 2.65. The highest BCUT2D eigenvalue weighted by molar-refractivity contribution is 5.90. The van der Waals surface area contributed by atoms with Crippen molar-refractivity contribution in [1.29, 1.82) is 0 Å². The van der Waals surface area contributed by atoms with Crippen molar-refractivity contribution >= 4 is 22.7 Å². The minimum Gasteiger partial charge on any atom is -0.377 e. The Labute approximate surface area is 125 Å². The van der Waals surface area contributed by atoms with Crippen molar-refractivity contribution in [3.63, 3.8) is 0 Å². The maximum Gasteiger partial charge on any atom is 0.224 e. The molecule has 1 saturated heterocycles. The molecule has 1 unspecified atom stereocenters. The zero-order valence-corrected chi connectivity index (χ0v) is 12.9. The Morgan fingerprint density at radius 3 is 2.86 bits per heavy atom.